The zero-order valence-electron chi connectivity index (χ0n) is 36.9. The summed E-state index contributed by atoms with van der Waals surface area (Å²) in [5.41, 5.74) is 6.91. The number of nitro benzene ring substituents is 1. The van der Waals surface area contributed by atoms with Gasteiger partial charge in [-0.3, -0.25) is 19.8 Å². The maximum Gasteiger partial charge on any atom is 0.293 e. The third kappa shape index (κ3) is 9.81. The lowest BCUT2D eigenvalue weighted by Gasteiger charge is -2.40. The second-order valence-corrected chi connectivity index (χ2v) is 20.6. The molecule has 1 aliphatic carbocycles. The first-order valence-corrected chi connectivity index (χ1v) is 24.2. The van der Waals surface area contributed by atoms with Gasteiger partial charge in [-0.05, 0) is 116 Å². The Morgan fingerprint density at radius 3 is 2.52 bits per heavy atom. The molecule has 0 radical (unpaired) electrons. The quantitative estimate of drug-likeness (QED) is 0.0803. The van der Waals surface area contributed by atoms with Crippen molar-refractivity contribution >= 4 is 72.6 Å². The minimum atomic E-state index is -4.57. The Labute approximate surface area is 384 Å². The lowest BCUT2D eigenvalue weighted by molar-refractivity contribution is -0.384. The van der Waals surface area contributed by atoms with Crippen molar-refractivity contribution in [3.63, 3.8) is 0 Å². The highest BCUT2D eigenvalue weighted by Gasteiger charge is 2.33. The third-order valence-corrected chi connectivity index (χ3v) is 14.8. The molecule has 5 aromatic rings. The molecule has 65 heavy (non-hydrogen) atoms. The van der Waals surface area contributed by atoms with Crippen molar-refractivity contribution in [3.8, 4) is 5.88 Å². The average Bonchev–Trinajstić information content (AvgIpc) is 3.76. The number of halogens is 1. The molecule has 4 aliphatic rings. The minimum absolute atomic E-state index is 0.108. The SMILES string of the molecule is C[C@@H]1CN(c2cc(N3CCN(CC4=C(c5ccc(Cl)cc5)CC(C)(C)CC4)CC3)ccc2C(=O)NS(=O)(=O)c2ccc(NCC3CCOCC3)c([N+](=O)[O-])c2)c2cc3cc[nH]c3nc2O1. The minimum Gasteiger partial charge on any atom is -0.471 e. The fourth-order valence-corrected chi connectivity index (χ4v) is 10.6. The van der Waals surface area contributed by atoms with Gasteiger partial charge in [0.25, 0.3) is 21.6 Å². The van der Waals surface area contributed by atoms with Crippen molar-refractivity contribution in [2.75, 3.05) is 74.1 Å². The lowest BCUT2D eigenvalue weighted by Crippen LogP contribution is -2.47. The smallest absolute Gasteiger partial charge is 0.293 e. The van der Waals surface area contributed by atoms with E-state index in [1.807, 2.05) is 48.2 Å². The number of allylic oxidation sites excluding steroid dienone is 1. The summed E-state index contributed by atoms with van der Waals surface area (Å²) in [7, 11) is -4.57. The highest BCUT2D eigenvalue weighted by Crippen LogP contribution is 2.44. The molecule has 17 heteroatoms. The zero-order valence-corrected chi connectivity index (χ0v) is 38.5. The Bertz CT molecular complexity index is 2750. The van der Waals surface area contributed by atoms with Gasteiger partial charge in [0.15, 0.2) is 0 Å². The normalized spacial score (nSPS) is 19.5. The van der Waals surface area contributed by atoms with E-state index in [0.29, 0.717) is 49.2 Å². The number of anilines is 4. The average molecular weight is 924 g/mol. The highest BCUT2D eigenvalue weighted by molar-refractivity contribution is 7.90. The first kappa shape index (κ1) is 44.5. The molecule has 5 heterocycles. The molecular weight excluding hydrogens is 868 g/mol. The summed E-state index contributed by atoms with van der Waals surface area (Å²) in [6.07, 6.45) is 6.32. The molecule has 3 N–H and O–H groups in total. The number of hydrogen-bond acceptors (Lipinski definition) is 12. The van der Waals surface area contributed by atoms with E-state index >= 15 is 0 Å². The molecule has 2 saturated heterocycles. The molecule has 1 amide bonds. The van der Waals surface area contributed by atoms with Gasteiger partial charge in [0.1, 0.15) is 23.1 Å². The molecule has 342 valence electrons. The van der Waals surface area contributed by atoms with Crippen LogP contribution in [0.15, 0.2) is 89.5 Å². The van der Waals surface area contributed by atoms with E-state index in [2.05, 4.69) is 50.8 Å². The van der Waals surface area contributed by atoms with Crippen LogP contribution >= 0.6 is 11.6 Å². The maximum absolute atomic E-state index is 14.4. The van der Waals surface area contributed by atoms with Crippen LogP contribution < -0.4 is 24.6 Å². The standard InChI is InChI=1S/C48H55ClN8O7S/c1-31-29-56(44-24-34-13-17-50-45(34)52-47(44)64-31)42-25-37(55-20-18-54(19-21-55)30-35-12-16-48(2,3)27-40(35)33-4-6-36(49)7-5-33)8-10-39(42)46(58)53-65(61,62)38-9-11-41(43(26-38)57(59)60)51-28-32-14-22-63-23-15-32/h4-11,13,17,24-26,31-32,51H,12,14-16,18-23,27-30H2,1-3H3,(H,50,52)(H,53,58)/t31-/m1/s1. The van der Waals surface area contributed by atoms with E-state index in [-0.39, 0.29) is 28.7 Å². The van der Waals surface area contributed by atoms with Crippen LogP contribution in [0.3, 0.4) is 0 Å². The van der Waals surface area contributed by atoms with Crippen LogP contribution in [0.25, 0.3) is 16.6 Å². The number of pyridine rings is 1. The summed E-state index contributed by atoms with van der Waals surface area (Å²) >= 11 is 6.27. The van der Waals surface area contributed by atoms with Gasteiger partial charge in [0.2, 0.25) is 5.88 Å². The molecule has 0 saturated carbocycles. The number of carbonyl (C=O) groups is 1. The van der Waals surface area contributed by atoms with Crippen LogP contribution in [0.1, 0.15) is 68.8 Å². The van der Waals surface area contributed by atoms with E-state index < -0.39 is 31.4 Å². The Morgan fingerprint density at radius 1 is 1.00 bits per heavy atom. The number of ether oxygens (including phenoxy) is 2. The van der Waals surface area contributed by atoms with Gasteiger partial charge >= 0.3 is 0 Å². The predicted molar refractivity (Wildman–Crippen MR) is 254 cm³/mol. The maximum atomic E-state index is 14.4. The van der Waals surface area contributed by atoms with Crippen LogP contribution in [0.2, 0.25) is 5.02 Å². The first-order valence-electron chi connectivity index (χ1n) is 22.4. The molecule has 9 rings (SSSR count). The number of H-pyrrole nitrogens is 1. The number of piperazine rings is 1. The van der Waals surface area contributed by atoms with Gasteiger partial charge in [0, 0.05) is 80.8 Å². The number of hydrogen-bond donors (Lipinski definition) is 3. The number of benzene rings is 3. The van der Waals surface area contributed by atoms with Crippen molar-refractivity contribution < 1.29 is 27.6 Å². The summed E-state index contributed by atoms with van der Waals surface area (Å²) in [4.78, 5) is 40.2. The molecule has 0 unspecified atom stereocenters. The monoisotopic (exact) mass is 922 g/mol. The Hall–Kier alpha value is -5.68. The van der Waals surface area contributed by atoms with Gasteiger partial charge in [-0.25, -0.2) is 13.1 Å². The van der Waals surface area contributed by atoms with Crippen molar-refractivity contribution in [2.45, 2.75) is 63.9 Å². The van der Waals surface area contributed by atoms with E-state index in [1.54, 1.807) is 12.3 Å². The second kappa shape index (κ2) is 18.3. The lowest BCUT2D eigenvalue weighted by atomic mass is 9.72. The van der Waals surface area contributed by atoms with Crippen molar-refractivity contribution in [1.82, 2.24) is 19.6 Å². The second-order valence-electron chi connectivity index (χ2n) is 18.5. The number of aromatic nitrogens is 2. The zero-order chi connectivity index (χ0) is 45.5. The number of aromatic amines is 1. The van der Waals surface area contributed by atoms with Crippen LogP contribution in [-0.2, 0) is 14.8 Å². The fourth-order valence-electron chi connectivity index (χ4n) is 9.50. The molecule has 3 aromatic carbocycles. The van der Waals surface area contributed by atoms with Gasteiger partial charge in [0.05, 0.1) is 27.6 Å². The number of sulfonamides is 1. The Morgan fingerprint density at radius 2 is 1.77 bits per heavy atom. The molecule has 2 aromatic heterocycles. The fraction of sp³-hybridized carbons (Fsp3) is 0.417. The Kier molecular flexibility index (Phi) is 12.5. The summed E-state index contributed by atoms with van der Waals surface area (Å²) in [5.74, 6) is -0.222. The van der Waals surface area contributed by atoms with Crippen LogP contribution in [0.5, 0.6) is 5.88 Å². The van der Waals surface area contributed by atoms with Crippen molar-refractivity contribution in [1.29, 1.82) is 0 Å². The van der Waals surface area contributed by atoms with Gasteiger partial charge in [-0.2, -0.15) is 4.98 Å². The molecule has 2 fully saturated rings. The highest BCUT2D eigenvalue weighted by atomic mass is 35.5. The van der Waals surface area contributed by atoms with E-state index in [0.717, 1.165) is 87.0 Å². The van der Waals surface area contributed by atoms with Crippen molar-refractivity contribution in [3.05, 3.63) is 111 Å². The van der Waals surface area contributed by atoms with E-state index in [1.165, 1.54) is 28.8 Å². The van der Waals surface area contributed by atoms with E-state index in [9.17, 15) is 23.3 Å². The number of carbonyl (C=O) groups excluding carboxylic acids is 1. The van der Waals surface area contributed by atoms with Crippen LogP contribution in [-0.4, -0.2) is 99.2 Å². The number of nitro groups is 1. The number of nitrogens with one attached hydrogen (secondary N) is 3. The van der Waals surface area contributed by atoms with E-state index in [4.69, 9.17) is 26.1 Å². The summed E-state index contributed by atoms with van der Waals surface area (Å²) in [6, 6.07) is 21.1. The number of fused-ring (bicyclic) bond motifs is 2. The van der Waals surface area contributed by atoms with Crippen LogP contribution in [0, 0.1) is 21.4 Å². The Balaban J connectivity index is 0.987. The van der Waals surface area contributed by atoms with Gasteiger partial charge in [-0.15, -0.1) is 0 Å². The predicted octanol–water partition coefficient (Wildman–Crippen LogP) is 8.79. The molecule has 0 spiro atoms. The largest absolute Gasteiger partial charge is 0.471 e. The molecule has 0 bridgehead atoms. The molecular formula is C48H55ClN8O7S. The topological polar surface area (TPSA) is 175 Å². The summed E-state index contributed by atoms with van der Waals surface area (Å²) in [6.45, 7) is 12.7. The molecule has 3 aliphatic heterocycles. The third-order valence-electron chi connectivity index (χ3n) is 13.2. The number of nitrogens with zero attached hydrogens (tertiary/aromatic N) is 5. The van der Waals surface area contributed by atoms with Gasteiger partial charge in [-0.1, -0.05) is 43.2 Å². The molecule has 1 atom stereocenters. The molecule has 15 nitrogen and oxygen atoms in total. The summed E-state index contributed by atoms with van der Waals surface area (Å²) in [5, 5.41) is 16.9. The summed E-state index contributed by atoms with van der Waals surface area (Å²) < 4.78 is 41.7. The van der Waals surface area contributed by atoms with Crippen molar-refractivity contribution in [2.24, 2.45) is 11.3 Å². The number of amides is 1. The number of rotatable bonds is 12. The first-order chi connectivity index (χ1) is 31.2. The van der Waals surface area contributed by atoms with Crippen LogP contribution in [0.4, 0.5) is 28.4 Å². The van der Waals surface area contributed by atoms with Gasteiger partial charge < -0.3 is 29.6 Å².